The Bertz CT molecular complexity index is 1320. The van der Waals surface area contributed by atoms with Gasteiger partial charge in [0.2, 0.25) is 0 Å². The summed E-state index contributed by atoms with van der Waals surface area (Å²) in [6.07, 6.45) is 75.0. The Hall–Kier alpha value is -3.70. The van der Waals surface area contributed by atoms with Crippen molar-refractivity contribution < 1.29 is 23.8 Å². The summed E-state index contributed by atoms with van der Waals surface area (Å²) in [7, 11) is 0. The molecule has 0 aliphatic carbocycles. The molecule has 0 amide bonds. The Kier molecular flexibility index (Phi) is 50.5. The van der Waals surface area contributed by atoms with E-state index < -0.39 is 6.10 Å². The zero-order valence-electron chi connectivity index (χ0n) is 41.5. The molecular formula is C59H96O5. The van der Waals surface area contributed by atoms with Crippen LogP contribution in [0.3, 0.4) is 0 Å². The molecule has 64 heavy (non-hydrogen) atoms. The summed E-state index contributed by atoms with van der Waals surface area (Å²) < 4.78 is 17.3. The number of esters is 2. The van der Waals surface area contributed by atoms with Crippen molar-refractivity contribution in [2.24, 2.45) is 0 Å². The van der Waals surface area contributed by atoms with Crippen LogP contribution in [0.4, 0.5) is 0 Å². The first-order chi connectivity index (χ1) is 31.6. The molecule has 0 saturated heterocycles. The predicted molar refractivity (Wildman–Crippen MR) is 279 cm³/mol. The van der Waals surface area contributed by atoms with Gasteiger partial charge in [-0.15, -0.1) is 0 Å². The second-order valence-corrected chi connectivity index (χ2v) is 16.7. The average molecular weight is 885 g/mol. The highest BCUT2D eigenvalue weighted by Gasteiger charge is 2.17. The van der Waals surface area contributed by atoms with Crippen LogP contribution < -0.4 is 0 Å². The first-order valence-corrected chi connectivity index (χ1v) is 26.1. The Balaban J connectivity index is 4.41. The molecule has 0 rings (SSSR count). The van der Waals surface area contributed by atoms with Crippen molar-refractivity contribution in [3.05, 3.63) is 122 Å². The molecule has 0 aliphatic heterocycles. The highest BCUT2D eigenvalue weighted by Crippen LogP contribution is 2.12. The molecule has 0 heterocycles. The monoisotopic (exact) mass is 885 g/mol. The van der Waals surface area contributed by atoms with Crippen molar-refractivity contribution in [3.63, 3.8) is 0 Å². The van der Waals surface area contributed by atoms with E-state index in [1.807, 2.05) is 0 Å². The molecule has 0 aromatic carbocycles. The lowest BCUT2D eigenvalue weighted by Crippen LogP contribution is -2.30. The summed E-state index contributed by atoms with van der Waals surface area (Å²) >= 11 is 0. The lowest BCUT2D eigenvalue weighted by Gasteiger charge is -2.18. The molecule has 0 bridgehead atoms. The number of hydrogen-bond acceptors (Lipinski definition) is 5. The van der Waals surface area contributed by atoms with Crippen LogP contribution in [0.1, 0.15) is 213 Å². The molecule has 362 valence electrons. The molecule has 0 N–H and O–H groups in total. The van der Waals surface area contributed by atoms with Crippen molar-refractivity contribution in [3.8, 4) is 0 Å². The van der Waals surface area contributed by atoms with Crippen LogP contribution in [0.25, 0.3) is 0 Å². The molecule has 5 nitrogen and oxygen atoms in total. The zero-order valence-corrected chi connectivity index (χ0v) is 41.5. The molecule has 0 fully saturated rings. The predicted octanol–water partition coefficient (Wildman–Crippen LogP) is 17.8. The molecule has 1 atom stereocenters. The first-order valence-electron chi connectivity index (χ1n) is 26.1. The van der Waals surface area contributed by atoms with Gasteiger partial charge in [-0.2, -0.15) is 0 Å². The number of allylic oxidation sites excluding steroid dienone is 20. The van der Waals surface area contributed by atoms with Crippen LogP contribution in [0.5, 0.6) is 0 Å². The Labute approximate surface area is 395 Å². The van der Waals surface area contributed by atoms with Crippen LogP contribution in [-0.4, -0.2) is 37.9 Å². The maximum absolute atomic E-state index is 12.8. The highest BCUT2D eigenvalue weighted by atomic mass is 16.6. The van der Waals surface area contributed by atoms with Crippen LogP contribution in [0.2, 0.25) is 0 Å². The van der Waals surface area contributed by atoms with E-state index >= 15 is 0 Å². The van der Waals surface area contributed by atoms with E-state index in [4.69, 9.17) is 14.2 Å². The van der Waals surface area contributed by atoms with E-state index in [2.05, 4.69) is 142 Å². The lowest BCUT2D eigenvalue weighted by molar-refractivity contribution is -0.163. The Morgan fingerprint density at radius 1 is 0.359 bits per heavy atom. The normalized spacial score (nSPS) is 13.2. The van der Waals surface area contributed by atoms with Crippen LogP contribution in [0.15, 0.2) is 122 Å². The summed E-state index contributed by atoms with van der Waals surface area (Å²) in [6, 6.07) is 0. The Morgan fingerprint density at radius 2 is 0.703 bits per heavy atom. The number of hydrogen-bond donors (Lipinski definition) is 0. The molecule has 0 spiro atoms. The van der Waals surface area contributed by atoms with E-state index in [1.54, 1.807) is 0 Å². The zero-order chi connectivity index (χ0) is 46.3. The van der Waals surface area contributed by atoms with Crippen LogP contribution in [-0.2, 0) is 23.8 Å². The van der Waals surface area contributed by atoms with Crippen molar-refractivity contribution in [2.75, 3.05) is 19.8 Å². The standard InChI is InChI=1S/C59H96O5/c1-4-7-10-13-16-19-22-25-28-29-30-31-33-34-37-40-43-46-49-52-58(60)63-56-57(55-62-54-51-48-45-42-39-36-27-24-21-18-15-12-9-6-3)64-59(61)53-50-47-44-41-38-35-32-26-23-20-17-14-11-8-5-2/h8-9,11-12,16-21,25-28,30-32,36,42,45,57H,4-7,10,13-15,22-24,29,33-35,37-41,43-44,46-56H2,1-3H3/b11-8-,12-9-,19-16-,20-17-,21-18-,28-25-,31-30-,32-26-,36-27-,45-42-. The van der Waals surface area contributed by atoms with Crippen LogP contribution >= 0.6 is 0 Å². The number of unbranched alkanes of at least 4 members (excludes halogenated alkanes) is 15. The quantitative estimate of drug-likeness (QED) is 0.0346. The summed E-state index contributed by atoms with van der Waals surface area (Å²) in [5.41, 5.74) is 0. The van der Waals surface area contributed by atoms with Gasteiger partial charge in [0.1, 0.15) is 6.61 Å². The van der Waals surface area contributed by atoms with Gasteiger partial charge in [-0.3, -0.25) is 9.59 Å². The van der Waals surface area contributed by atoms with Gasteiger partial charge in [0, 0.05) is 19.4 Å². The van der Waals surface area contributed by atoms with E-state index in [9.17, 15) is 9.59 Å². The number of carbonyl (C=O) groups excluding carboxylic acids is 2. The highest BCUT2D eigenvalue weighted by molar-refractivity contribution is 5.70. The third-order valence-electron chi connectivity index (χ3n) is 10.5. The molecule has 0 saturated carbocycles. The minimum Gasteiger partial charge on any atom is -0.462 e. The van der Waals surface area contributed by atoms with Gasteiger partial charge >= 0.3 is 11.9 Å². The average Bonchev–Trinajstić information content (AvgIpc) is 3.30. The second-order valence-electron chi connectivity index (χ2n) is 16.7. The van der Waals surface area contributed by atoms with E-state index in [1.165, 1.54) is 51.4 Å². The van der Waals surface area contributed by atoms with Gasteiger partial charge in [0.25, 0.3) is 0 Å². The van der Waals surface area contributed by atoms with E-state index in [0.29, 0.717) is 19.4 Å². The van der Waals surface area contributed by atoms with E-state index in [0.717, 1.165) is 128 Å². The van der Waals surface area contributed by atoms with Crippen LogP contribution in [0, 0.1) is 0 Å². The first kappa shape index (κ1) is 60.3. The molecule has 0 aromatic heterocycles. The lowest BCUT2D eigenvalue weighted by atomic mass is 10.1. The smallest absolute Gasteiger partial charge is 0.306 e. The summed E-state index contributed by atoms with van der Waals surface area (Å²) in [6.45, 7) is 7.39. The maximum atomic E-state index is 12.8. The fourth-order valence-electron chi connectivity index (χ4n) is 6.65. The van der Waals surface area contributed by atoms with Gasteiger partial charge < -0.3 is 14.2 Å². The second kappa shape index (κ2) is 53.6. The van der Waals surface area contributed by atoms with Gasteiger partial charge in [-0.1, -0.05) is 200 Å². The largest absolute Gasteiger partial charge is 0.462 e. The van der Waals surface area contributed by atoms with Gasteiger partial charge in [-0.05, 0) is 122 Å². The van der Waals surface area contributed by atoms with Crippen molar-refractivity contribution in [1.29, 1.82) is 0 Å². The van der Waals surface area contributed by atoms with Crippen molar-refractivity contribution >= 4 is 11.9 Å². The maximum Gasteiger partial charge on any atom is 0.306 e. The third-order valence-corrected chi connectivity index (χ3v) is 10.5. The molecule has 0 aliphatic rings. The van der Waals surface area contributed by atoms with Gasteiger partial charge in [-0.25, -0.2) is 0 Å². The van der Waals surface area contributed by atoms with E-state index in [-0.39, 0.29) is 25.2 Å². The van der Waals surface area contributed by atoms with Gasteiger partial charge in [0.05, 0.1) is 6.61 Å². The van der Waals surface area contributed by atoms with Crippen molar-refractivity contribution in [1.82, 2.24) is 0 Å². The molecule has 1 unspecified atom stereocenters. The van der Waals surface area contributed by atoms with Crippen molar-refractivity contribution in [2.45, 2.75) is 219 Å². The third kappa shape index (κ3) is 50.9. The minimum atomic E-state index is -0.587. The minimum absolute atomic E-state index is 0.0418. The summed E-state index contributed by atoms with van der Waals surface area (Å²) in [5.74, 6) is -0.469. The molecular weight excluding hydrogens is 789 g/mol. The summed E-state index contributed by atoms with van der Waals surface area (Å²) in [5, 5.41) is 0. The number of ether oxygens (including phenoxy) is 3. The number of carbonyl (C=O) groups is 2. The molecule has 0 radical (unpaired) electrons. The SMILES string of the molecule is CC/C=C\C/C=C\C/C=C\C/C=C\CCCOCC(COC(=O)CCCCCCCC/C=C\C/C=C\C/C=C\CCCCC)OC(=O)CCCCCCC/C=C\C/C=C\C/C=C\CC. The van der Waals surface area contributed by atoms with Gasteiger partial charge in [0.15, 0.2) is 6.10 Å². The summed E-state index contributed by atoms with van der Waals surface area (Å²) in [4.78, 5) is 25.4. The molecule has 5 heteroatoms. The molecule has 0 aromatic rings. The fraction of sp³-hybridized carbons (Fsp3) is 0.627. The Morgan fingerprint density at radius 3 is 1.12 bits per heavy atom. The number of rotatable bonds is 46. The fourth-order valence-corrected chi connectivity index (χ4v) is 6.65. The topological polar surface area (TPSA) is 61.8 Å².